The Morgan fingerprint density at radius 2 is 2.31 bits per heavy atom. The van der Waals surface area contributed by atoms with Crippen molar-refractivity contribution in [2.75, 3.05) is 0 Å². The van der Waals surface area contributed by atoms with Gasteiger partial charge in [0.15, 0.2) is 5.76 Å². The van der Waals surface area contributed by atoms with Crippen molar-refractivity contribution in [3.63, 3.8) is 0 Å². The van der Waals surface area contributed by atoms with Gasteiger partial charge in [0.05, 0.1) is 22.0 Å². The smallest absolute Gasteiger partial charge is 0.209 e. The van der Waals surface area contributed by atoms with E-state index in [0.717, 1.165) is 15.6 Å². The van der Waals surface area contributed by atoms with Gasteiger partial charge in [-0.25, -0.2) is 9.97 Å². The molecule has 0 fully saturated rings. The Hall–Kier alpha value is -0.870. The average Bonchev–Trinajstić information content (AvgIpc) is 2.71. The second-order valence-electron chi connectivity index (χ2n) is 2.50. The first-order valence-electron chi connectivity index (χ1n) is 3.73. The van der Waals surface area contributed by atoms with Crippen LogP contribution in [0.15, 0.2) is 16.8 Å². The minimum absolute atomic E-state index is 0.303. The van der Waals surface area contributed by atoms with E-state index in [-0.39, 0.29) is 0 Å². The summed E-state index contributed by atoms with van der Waals surface area (Å²) in [6.45, 7) is 1.95. The molecule has 0 saturated carbocycles. The predicted octanol–water partition coefficient (Wildman–Crippen LogP) is 2.85. The van der Waals surface area contributed by atoms with Gasteiger partial charge in [-0.15, -0.1) is 22.9 Å². The van der Waals surface area contributed by atoms with Crippen LogP contribution in [0.1, 0.15) is 10.9 Å². The second kappa shape index (κ2) is 3.47. The molecule has 0 aliphatic carbocycles. The van der Waals surface area contributed by atoms with Crippen LogP contribution < -0.4 is 0 Å². The van der Waals surface area contributed by atoms with Gasteiger partial charge in [0.25, 0.3) is 0 Å². The van der Waals surface area contributed by atoms with Crippen molar-refractivity contribution in [3.8, 4) is 10.6 Å². The molecule has 0 bridgehead atoms. The van der Waals surface area contributed by atoms with E-state index in [4.69, 9.17) is 16.0 Å². The van der Waals surface area contributed by atoms with Crippen LogP contribution in [0, 0.1) is 6.92 Å². The Bertz CT molecular complexity index is 410. The first-order chi connectivity index (χ1) is 6.29. The van der Waals surface area contributed by atoms with Crippen molar-refractivity contribution in [1.29, 1.82) is 0 Å². The van der Waals surface area contributed by atoms with Gasteiger partial charge in [-0.2, -0.15) is 0 Å². The Balaban J connectivity index is 2.35. The maximum absolute atomic E-state index is 5.56. The number of halogens is 1. The summed E-state index contributed by atoms with van der Waals surface area (Å²) in [7, 11) is 0. The molecule has 2 aromatic rings. The minimum atomic E-state index is 0.303. The first kappa shape index (κ1) is 8.72. The molecule has 0 aromatic carbocycles. The van der Waals surface area contributed by atoms with Crippen LogP contribution in [0.5, 0.6) is 0 Å². The summed E-state index contributed by atoms with van der Waals surface area (Å²) in [5, 5.41) is 1.01. The van der Waals surface area contributed by atoms with Crippen molar-refractivity contribution >= 4 is 22.9 Å². The standard InChI is InChI=1S/C8H7ClN2OS/c1-5-10-4-7(13-5)6-3-11-8(2-9)12-6/h3-4H,2H2,1H3. The largest absolute Gasteiger partial charge is 0.439 e. The zero-order valence-electron chi connectivity index (χ0n) is 6.95. The molecule has 2 rings (SSSR count). The van der Waals surface area contributed by atoms with Gasteiger partial charge >= 0.3 is 0 Å². The van der Waals surface area contributed by atoms with Gasteiger partial charge in [0, 0.05) is 6.20 Å². The SMILES string of the molecule is Cc1ncc(-c2cnc(CCl)o2)s1. The van der Waals surface area contributed by atoms with E-state index in [0.29, 0.717) is 11.8 Å². The lowest BCUT2D eigenvalue weighted by molar-refractivity contribution is 0.530. The van der Waals surface area contributed by atoms with E-state index in [1.54, 1.807) is 23.7 Å². The molecule has 68 valence electrons. The molecule has 0 atom stereocenters. The zero-order valence-corrected chi connectivity index (χ0v) is 8.52. The predicted molar refractivity (Wildman–Crippen MR) is 51.9 cm³/mol. The topological polar surface area (TPSA) is 38.9 Å². The van der Waals surface area contributed by atoms with Crippen LogP contribution in [-0.4, -0.2) is 9.97 Å². The van der Waals surface area contributed by atoms with Gasteiger partial charge in [0.1, 0.15) is 0 Å². The van der Waals surface area contributed by atoms with Gasteiger partial charge < -0.3 is 4.42 Å². The lowest BCUT2D eigenvalue weighted by Crippen LogP contribution is -1.70. The molecule has 0 spiro atoms. The number of aryl methyl sites for hydroxylation is 1. The highest BCUT2D eigenvalue weighted by Crippen LogP contribution is 2.26. The van der Waals surface area contributed by atoms with Crippen molar-refractivity contribution in [3.05, 3.63) is 23.3 Å². The van der Waals surface area contributed by atoms with Crippen LogP contribution >= 0.6 is 22.9 Å². The summed E-state index contributed by atoms with van der Waals surface area (Å²) in [6, 6.07) is 0. The fraction of sp³-hybridized carbons (Fsp3) is 0.250. The quantitative estimate of drug-likeness (QED) is 0.722. The third-order valence-electron chi connectivity index (χ3n) is 1.53. The third-order valence-corrected chi connectivity index (χ3v) is 2.69. The number of rotatable bonds is 2. The average molecular weight is 215 g/mol. The van der Waals surface area contributed by atoms with Crippen LogP contribution in [0.4, 0.5) is 0 Å². The summed E-state index contributed by atoms with van der Waals surface area (Å²) in [5.41, 5.74) is 0. The van der Waals surface area contributed by atoms with Gasteiger partial charge in [0.2, 0.25) is 5.89 Å². The van der Waals surface area contributed by atoms with E-state index in [9.17, 15) is 0 Å². The summed E-state index contributed by atoms with van der Waals surface area (Å²) in [4.78, 5) is 9.11. The molecular formula is C8H7ClN2OS. The summed E-state index contributed by atoms with van der Waals surface area (Å²) in [5.74, 6) is 1.58. The molecule has 2 heterocycles. The number of hydrogen-bond acceptors (Lipinski definition) is 4. The molecule has 3 nitrogen and oxygen atoms in total. The maximum atomic E-state index is 5.56. The van der Waals surface area contributed by atoms with Crippen molar-refractivity contribution in [2.24, 2.45) is 0 Å². The van der Waals surface area contributed by atoms with E-state index in [1.165, 1.54) is 0 Å². The summed E-state index contributed by atoms with van der Waals surface area (Å²) < 4.78 is 5.36. The van der Waals surface area contributed by atoms with E-state index >= 15 is 0 Å². The number of thiazole rings is 1. The number of hydrogen-bond donors (Lipinski definition) is 0. The van der Waals surface area contributed by atoms with Crippen LogP contribution in [0.2, 0.25) is 0 Å². The lowest BCUT2D eigenvalue weighted by Gasteiger charge is -1.86. The van der Waals surface area contributed by atoms with Crippen LogP contribution in [0.25, 0.3) is 10.6 Å². The molecule has 0 unspecified atom stereocenters. The summed E-state index contributed by atoms with van der Waals surface area (Å²) in [6.07, 6.45) is 3.45. The Morgan fingerprint density at radius 1 is 1.46 bits per heavy atom. The highest BCUT2D eigenvalue weighted by molar-refractivity contribution is 7.14. The highest BCUT2D eigenvalue weighted by Gasteiger charge is 2.07. The molecule has 0 aliphatic rings. The Labute approximate surface area is 84.4 Å². The zero-order chi connectivity index (χ0) is 9.26. The monoisotopic (exact) mass is 214 g/mol. The fourth-order valence-electron chi connectivity index (χ4n) is 0.961. The van der Waals surface area contributed by atoms with Gasteiger partial charge in [-0.3, -0.25) is 0 Å². The maximum Gasteiger partial charge on any atom is 0.209 e. The molecule has 13 heavy (non-hydrogen) atoms. The van der Waals surface area contributed by atoms with Crippen molar-refractivity contribution < 1.29 is 4.42 Å². The molecule has 0 N–H and O–H groups in total. The van der Waals surface area contributed by atoms with E-state index in [2.05, 4.69) is 9.97 Å². The second-order valence-corrected chi connectivity index (χ2v) is 4.00. The van der Waals surface area contributed by atoms with Crippen LogP contribution in [-0.2, 0) is 5.88 Å². The van der Waals surface area contributed by atoms with Crippen molar-refractivity contribution in [1.82, 2.24) is 9.97 Å². The van der Waals surface area contributed by atoms with Gasteiger partial charge in [-0.05, 0) is 6.92 Å². The van der Waals surface area contributed by atoms with Crippen molar-refractivity contribution in [2.45, 2.75) is 12.8 Å². The molecule has 5 heteroatoms. The molecular weight excluding hydrogens is 208 g/mol. The Morgan fingerprint density at radius 3 is 2.85 bits per heavy atom. The third kappa shape index (κ3) is 1.73. The molecule has 0 saturated heterocycles. The fourth-order valence-corrected chi connectivity index (χ4v) is 1.81. The number of nitrogens with zero attached hydrogens (tertiary/aromatic N) is 2. The minimum Gasteiger partial charge on any atom is -0.439 e. The molecule has 2 aromatic heterocycles. The van der Waals surface area contributed by atoms with E-state index in [1.807, 2.05) is 6.92 Å². The van der Waals surface area contributed by atoms with Gasteiger partial charge in [-0.1, -0.05) is 0 Å². The normalized spacial score (nSPS) is 10.6. The molecule has 0 radical (unpaired) electrons. The Kier molecular flexibility index (Phi) is 2.33. The molecule has 0 aliphatic heterocycles. The van der Waals surface area contributed by atoms with E-state index < -0.39 is 0 Å². The summed E-state index contributed by atoms with van der Waals surface area (Å²) >= 11 is 7.14. The van der Waals surface area contributed by atoms with Crippen LogP contribution in [0.3, 0.4) is 0 Å². The first-order valence-corrected chi connectivity index (χ1v) is 5.08. The highest BCUT2D eigenvalue weighted by atomic mass is 35.5. The number of alkyl halides is 1. The number of aromatic nitrogens is 2. The number of oxazole rings is 1. The lowest BCUT2D eigenvalue weighted by atomic mass is 10.4. The molecule has 0 amide bonds.